The average Bonchev–Trinajstić information content (AvgIpc) is 3.13. The Hall–Kier alpha value is -2.86. The van der Waals surface area contributed by atoms with Gasteiger partial charge in [0.25, 0.3) is 0 Å². The highest BCUT2D eigenvalue weighted by atomic mass is 16.5. The van der Waals surface area contributed by atoms with Crippen LogP contribution in [0.15, 0.2) is 54.9 Å². The number of nitrogens with one attached hydrogen (secondary N) is 2. The van der Waals surface area contributed by atoms with Crippen LogP contribution in [0.25, 0.3) is 10.8 Å². The summed E-state index contributed by atoms with van der Waals surface area (Å²) in [7, 11) is 0. The highest BCUT2D eigenvalue weighted by molar-refractivity contribution is 5.90. The van der Waals surface area contributed by atoms with Crippen LogP contribution in [0.1, 0.15) is 18.4 Å². The summed E-state index contributed by atoms with van der Waals surface area (Å²) >= 11 is 0. The minimum absolute atomic E-state index is 0.228. The average molecular weight is 364 g/mol. The van der Waals surface area contributed by atoms with Gasteiger partial charge in [0.2, 0.25) is 0 Å². The van der Waals surface area contributed by atoms with E-state index in [1.807, 2.05) is 35.1 Å². The van der Waals surface area contributed by atoms with Crippen molar-refractivity contribution in [3.63, 3.8) is 0 Å². The largest absolute Gasteiger partial charge is 0.381 e. The molecular weight excluding hydrogens is 340 g/mol. The molecular formula is C21H24N4O2. The van der Waals surface area contributed by atoms with Crippen LogP contribution >= 0.6 is 0 Å². The molecule has 4 rings (SSSR count). The van der Waals surface area contributed by atoms with E-state index in [1.165, 1.54) is 5.39 Å². The summed E-state index contributed by atoms with van der Waals surface area (Å²) in [6.07, 6.45) is 5.70. The van der Waals surface area contributed by atoms with Crippen LogP contribution in [0.4, 0.5) is 10.5 Å². The van der Waals surface area contributed by atoms with Crippen LogP contribution in [-0.2, 0) is 17.8 Å². The number of benzene rings is 2. The first-order valence-electron chi connectivity index (χ1n) is 9.39. The van der Waals surface area contributed by atoms with Gasteiger partial charge in [-0.15, -0.1) is 0 Å². The van der Waals surface area contributed by atoms with E-state index in [4.69, 9.17) is 4.74 Å². The predicted molar refractivity (Wildman–Crippen MR) is 106 cm³/mol. The zero-order chi connectivity index (χ0) is 18.5. The topological polar surface area (TPSA) is 68.2 Å². The van der Waals surface area contributed by atoms with Gasteiger partial charge >= 0.3 is 6.03 Å². The van der Waals surface area contributed by atoms with Crippen molar-refractivity contribution >= 4 is 22.5 Å². The molecule has 1 saturated heterocycles. The molecule has 2 N–H and O–H groups in total. The number of ether oxygens (including phenoxy) is 1. The molecule has 0 saturated carbocycles. The van der Waals surface area contributed by atoms with Crippen molar-refractivity contribution < 1.29 is 9.53 Å². The van der Waals surface area contributed by atoms with Crippen molar-refractivity contribution in [3.05, 3.63) is 60.4 Å². The van der Waals surface area contributed by atoms with Crippen LogP contribution < -0.4 is 10.6 Å². The highest BCUT2D eigenvalue weighted by Gasteiger charge is 2.15. The molecule has 0 unspecified atom stereocenters. The molecule has 27 heavy (non-hydrogen) atoms. The number of carbonyl (C=O) groups is 1. The Bertz CT molecular complexity index is 910. The van der Waals surface area contributed by atoms with E-state index in [0.29, 0.717) is 18.2 Å². The first-order chi connectivity index (χ1) is 13.3. The third kappa shape index (κ3) is 4.46. The lowest BCUT2D eigenvalue weighted by molar-refractivity contribution is 0.0601. The summed E-state index contributed by atoms with van der Waals surface area (Å²) in [5.41, 5.74) is 1.80. The van der Waals surface area contributed by atoms with Gasteiger partial charge < -0.3 is 15.4 Å². The van der Waals surface area contributed by atoms with E-state index in [1.54, 1.807) is 6.20 Å². The fourth-order valence-electron chi connectivity index (χ4n) is 3.52. The second-order valence-corrected chi connectivity index (χ2v) is 6.95. The van der Waals surface area contributed by atoms with Gasteiger partial charge in [0.05, 0.1) is 11.9 Å². The lowest BCUT2D eigenvalue weighted by Crippen LogP contribution is -2.28. The van der Waals surface area contributed by atoms with Gasteiger partial charge in [0.1, 0.15) is 0 Å². The fraction of sp³-hybridized carbons (Fsp3) is 0.333. The van der Waals surface area contributed by atoms with Crippen molar-refractivity contribution in [2.45, 2.75) is 25.9 Å². The Morgan fingerprint density at radius 3 is 2.85 bits per heavy atom. The third-order valence-electron chi connectivity index (χ3n) is 5.00. The SMILES string of the molecule is O=C(NCc1cccc2ccccc12)Nc1cnn(CC2CCOCC2)c1. The van der Waals surface area contributed by atoms with E-state index in [2.05, 4.69) is 33.9 Å². The standard InChI is InChI=1S/C21H24N4O2/c26-21(22-12-18-6-3-5-17-4-1-2-7-20(17)18)24-19-13-23-25(15-19)14-16-8-10-27-11-9-16/h1-7,13,15-16H,8-12,14H2,(H2,22,24,26). The van der Waals surface area contributed by atoms with Crippen molar-refractivity contribution in [2.24, 2.45) is 5.92 Å². The van der Waals surface area contributed by atoms with E-state index < -0.39 is 0 Å². The Kier molecular flexibility index (Phi) is 5.34. The number of urea groups is 1. The van der Waals surface area contributed by atoms with Gasteiger partial charge in [0, 0.05) is 32.5 Å². The molecule has 6 nitrogen and oxygen atoms in total. The summed E-state index contributed by atoms with van der Waals surface area (Å²) in [6.45, 7) is 2.99. The maximum atomic E-state index is 12.2. The molecule has 0 radical (unpaired) electrons. The molecule has 0 bridgehead atoms. The van der Waals surface area contributed by atoms with Gasteiger partial charge in [-0.1, -0.05) is 42.5 Å². The van der Waals surface area contributed by atoms with Gasteiger partial charge in [-0.2, -0.15) is 5.10 Å². The quantitative estimate of drug-likeness (QED) is 0.724. The van der Waals surface area contributed by atoms with E-state index >= 15 is 0 Å². The van der Waals surface area contributed by atoms with Gasteiger partial charge in [-0.3, -0.25) is 4.68 Å². The van der Waals surface area contributed by atoms with Crippen molar-refractivity contribution in [1.29, 1.82) is 0 Å². The summed E-state index contributed by atoms with van der Waals surface area (Å²) in [4.78, 5) is 12.2. The van der Waals surface area contributed by atoms with Gasteiger partial charge in [-0.05, 0) is 35.1 Å². The smallest absolute Gasteiger partial charge is 0.319 e. The molecule has 0 aliphatic carbocycles. The summed E-state index contributed by atoms with van der Waals surface area (Å²) in [5.74, 6) is 0.590. The lowest BCUT2D eigenvalue weighted by atomic mass is 10.0. The lowest BCUT2D eigenvalue weighted by Gasteiger charge is -2.21. The third-order valence-corrected chi connectivity index (χ3v) is 5.00. The Labute approximate surface area is 158 Å². The van der Waals surface area contributed by atoms with Crippen LogP contribution in [-0.4, -0.2) is 29.0 Å². The Balaban J connectivity index is 1.31. The van der Waals surface area contributed by atoms with Crippen LogP contribution in [0, 0.1) is 5.92 Å². The first kappa shape index (κ1) is 17.5. The molecule has 1 aliphatic rings. The summed E-state index contributed by atoms with van der Waals surface area (Å²) in [5, 5.41) is 12.5. The van der Waals surface area contributed by atoms with Crippen LogP contribution in [0.2, 0.25) is 0 Å². The molecule has 1 aliphatic heterocycles. The van der Waals surface area contributed by atoms with Gasteiger partial charge in [0.15, 0.2) is 0 Å². The number of carbonyl (C=O) groups excluding carboxylic acids is 1. The van der Waals surface area contributed by atoms with Gasteiger partial charge in [-0.25, -0.2) is 4.79 Å². The molecule has 0 spiro atoms. The molecule has 0 atom stereocenters. The first-order valence-corrected chi connectivity index (χ1v) is 9.39. The van der Waals surface area contributed by atoms with Crippen LogP contribution in [0.3, 0.4) is 0 Å². The van der Waals surface area contributed by atoms with E-state index in [0.717, 1.165) is 43.5 Å². The monoisotopic (exact) mass is 364 g/mol. The van der Waals surface area contributed by atoms with E-state index in [-0.39, 0.29) is 6.03 Å². The molecule has 2 heterocycles. The van der Waals surface area contributed by atoms with E-state index in [9.17, 15) is 4.79 Å². The van der Waals surface area contributed by atoms with Crippen molar-refractivity contribution in [1.82, 2.24) is 15.1 Å². The summed E-state index contributed by atoms with van der Waals surface area (Å²) < 4.78 is 7.29. The number of nitrogens with zero attached hydrogens (tertiary/aromatic N) is 2. The zero-order valence-electron chi connectivity index (χ0n) is 15.2. The molecule has 6 heteroatoms. The molecule has 1 fully saturated rings. The van der Waals surface area contributed by atoms with Crippen molar-refractivity contribution in [2.75, 3.05) is 18.5 Å². The number of amides is 2. The number of anilines is 1. The molecule has 2 aromatic carbocycles. The molecule has 1 aromatic heterocycles. The number of hydrogen-bond acceptors (Lipinski definition) is 3. The second kappa shape index (κ2) is 8.22. The molecule has 2 amide bonds. The minimum atomic E-state index is -0.228. The second-order valence-electron chi connectivity index (χ2n) is 6.95. The zero-order valence-corrected chi connectivity index (χ0v) is 15.2. The number of aromatic nitrogens is 2. The maximum absolute atomic E-state index is 12.2. The fourth-order valence-corrected chi connectivity index (χ4v) is 3.52. The van der Waals surface area contributed by atoms with Crippen molar-refractivity contribution in [3.8, 4) is 0 Å². The number of fused-ring (bicyclic) bond motifs is 1. The normalized spacial score (nSPS) is 15.0. The highest BCUT2D eigenvalue weighted by Crippen LogP contribution is 2.19. The predicted octanol–water partition coefficient (Wildman–Crippen LogP) is 3.78. The van der Waals surface area contributed by atoms with Crippen LogP contribution in [0.5, 0.6) is 0 Å². The maximum Gasteiger partial charge on any atom is 0.319 e. The number of rotatable bonds is 5. The molecule has 3 aromatic rings. The summed E-state index contributed by atoms with van der Waals surface area (Å²) in [6, 6.07) is 14.1. The minimum Gasteiger partial charge on any atom is -0.381 e. The molecule has 140 valence electrons. The Morgan fingerprint density at radius 2 is 1.96 bits per heavy atom. The number of hydrogen-bond donors (Lipinski definition) is 2. The Morgan fingerprint density at radius 1 is 1.15 bits per heavy atom.